The zero-order valence-corrected chi connectivity index (χ0v) is 23.1. The summed E-state index contributed by atoms with van der Waals surface area (Å²) in [5, 5.41) is 17.6. The Morgan fingerprint density at radius 1 is 1.17 bits per heavy atom. The molecule has 12 nitrogen and oxygen atoms in total. The number of hydrogen-bond acceptors (Lipinski definition) is 8. The molecule has 2 amide bonds. The number of nitrogens with one attached hydrogen (secondary N) is 3. The maximum absolute atomic E-state index is 13.1. The molecule has 0 unspecified atom stereocenters. The number of hydrogen-bond donors (Lipinski definition) is 3. The van der Waals surface area contributed by atoms with Crippen LogP contribution in [0.2, 0.25) is 5.02 Å². The van der Waals surface area contributed by atoms with E-state index < -0.39 is 6.09 Å². The molecule has 3 N–H and O–H groups in total. The predicted molar refractivity (Wildman–Crippen MR) is 153 cm³/mol. The number of carbonyl (C=O) groups excluding carboxylic acids is 2. The second-order valence-electron chi connectivity index (χ2n) is 9.40. The van der Waals surface area contributed by atoms with Crippen molar-refractivity contribution in [3.63, 3.8) is 0 Å². The Morgan fingerprint density at radius 3 is 2.88 bits per heavy atom. The van der Waals surface area contributed by atoms with Crippen molar-refractivity contribution >= 4 is 35.4 Å². The second-order valence-corrected chi connectivity index (χ2v) is 9.84. The summed E-state index contributed by atoms with van der Waals surface area (Å²) >= 11 is 6.21. The molecule has 0 aliphatic carbocycles. The molecule has 1 aliphatic rings. The Morgan fingerprint density at radius 2 is 2.05 bits per heavy atom. The van der Waals surface area contributed by atoms with E-state index in [4.69, 9.17) is 26.1 Å². The molecule has 4 aromatic rings. The number of methoxy groups -OCH3 is 1. The number of ether oxygens (including phenoxy) is 2. The third kappa shape index (κ3) is 7.09. The van der Waals surface area contributed by atoms with Gasteiger partial charge in [0.1, 0.15) is 17.9 Å². The highest BCUT2D eigenvalue weighted by Gasteiger charge is 2.20. The third-order valence-corrected chi connectivity index (χ3v) is 6.81. The molecular formula is C28H29ClN8O4. The van der Waals surface area contributed by atoms with Crippen LogP contribution in [0.4, 0.5) is 10.5 Å². The lowest BCUT2D eigenvalue weighted by Crippen LogP contribution is -2.27. The highest BCUT2D eigenvalue weighted by atomic mass is 35.5. The molecule has 13 heteroatoms. The highest BCUT2D eigenvalue weighted by molar-refractivity contribution is 6.30. The third-order valence-electron chi connectivity index (χ3n) is 6.58. The summed E-state index contributed by atoms with van der Waals surface area (Å²) < 4.78 is 12.3. The summed E-state index contributed by atoms with van der Waals surface area (Å²) in [6.45, 7) is 0.535. The van der Waals surface area contributed by atoms with Crippen LogP contribution < -0.4 is 15.4 Å². The van der Waals surface area contributed by atoms with Crippen LogP contribution in [0.3, 0.4) is 0 Å². The number of H-pyrrole nitrogens is 1. The van der Waals surface area contributed by atoms with Crippen LogP contribution in [0.1, 0.15) is 49.5 Å². The Labute approximate surface area is 241 Å². The number of anilines is 1. The van der Waals surface area contributed by atoms with Crippen molar-refractivity contribution in [2.24, 2.45) is 0 Å². The number of tetrazole rings is 1. The molecule has 0 saturated carbocycles. The number of nitrogens with zero attached hydrogens (tertiary/aromatic N) is 5. The SMILES string of the molecule is COC(=O)Nc1ccc2c(c1)OCCCCCC[C@H](NC(=O)/C=C/c1cc(Cl)ccc1-n1cnnn1)c1nc-2c[nH]1. The second kappa shape index (κ2) is 13.1. The van der Waals surface area contributed by atoms with Gasteiger partial charge in [0.05, 0.1) is 31.1 Å². The molecule has 212 valence electrons. The van der Waals surface area contributed by atoms with E-state index in [1.165, 1.54) is 24.2 Å². The molecule has 0 saturated heterocycles. The summed E-state index contributed by atoms with van der Waals surface area (Å²) in [5.41, 5.74) is 3.36. The molecule has 0 fully saturated rings. The monoisotopic (exact) mass is 576 g/mol. The summed E-state index contributed by atoms with van der Waals surface area (Å²) in [6.07, 6.45) is 10.3. The topological polar surface area (TPSA) is 149 Å². The lowest BCUT2D eigenvalue weighted by Gasteiger charge is -2.16. The van der Waals surface area contributed by atoms with Gasteiger partial charge in [-0.25, -0.2) is 9.78 Å². The van der Waals surface area contributed by atoms with Crippen molar-refractivity contribution in [2.45, 2.75) is 38.1 Å². The quantitative estimate of drug-likeness (QED) is 0.278. The minimum Gasteiger partial charge on any atom is -0.493 e. The number of carbonyl (C=O) groups is 2. The van der Waals surface area contributed by atoms with Gasteiger partial charge in [-0.3, -0.25) is 10.1 Å². The lowest BCUT2D eigenvalue weighted by molar-refractivity contribution is -0.117. The maximum atomic E-state index is 13.1. The first-order chi connectivity index (χ1) is 20.0. The number of benzene rings is 2. The number of aromatic nitrogens is 6. The Hall–Kier alpha value is -4.71. The van der Waals surface area contributed by atoms with Crippen LogP contribution in [0.5, 0.6) is 5.75 Å². The Kier molecular flexibility index (Phi) is 8.89. The van der Waals surface area contributed by atoms with Gasteiger partial charge in [-0.15, -0.1) is 5.10 Å². The van der Waals surface area contributed by atoms with E-state index in [9.17, 15) is 9.59 Å². The van der Waals surface area contributed by atoms with Crippen LogP contribution in [0.25, 0.3) is 23.0 Å². The zero-order valence-electron chi connectivity index (χ0n) is 22.3. The first-order valence-electron chi connectivity index (χ1n) is 13.2. The van der Waals surface area contributed by atoms with Crippen LogP contribution in [0.15, 0.2) is 55.0 Å². The minimum atomic E-state index is -0.564. The van der Waals surface area contributed by atoms with E-state index in [-0.39, 0.29) is 11.9 Å². The molecule has 1 aliphatic heterocycles. The number of fused-ring (bicyclic) bond motifs is 4. The van der Waals surface area contributed by atoms with E-state index in [0.717, 1.165) is 37.7 Å². The van der Waals surface area contributed by atoms with Gasteiger partial charge in [0.25, 0.3) is 0 Å². The Balaban J connectivity index is 1.37. The van der Waals surface area contributed by atoms with Gasteiger partial charge in [-0.2, -0.15) is 4.68 Å². The minimum absolute atomic E-state index is 0.276. The normalized spacial score (nSPS) is 15.5. The van der Waals surface area contributed by atoms with Crippen LogP contribution in [-0.2, 0) is 9.53 Å². The predicted octanol–water partition coefficient (Wildman–Crippen LogP) is 5.10. The largest absolute Gasteiger partial charge is 0.493 e. The lowest BCUT2D eigenvalue weighted by atomic mass is 10.1. The average Bonchev–Trinajstić information content (AvgIpc) is 3.68. The van der Waals surface area contributed by atoms with E-state index in [1.807, 2.05) is 6.07 Å². The van der Waals surface area contributed by atoms with Crippen LogP contribution >= 0.6 is 11.6 Å². The fourth-order valence-corrected chi connectivity index (χ4v) is 4.72. The molecule has 2 aromatic heterocycles. The van der Waals surface area contributed by atoms with E-state index in [2.05, 4.69) is 31.1 Å². The number of rotatable bonds is 5. The van der Waals surface area contributed by atoms with E-state index >= 15 is 0 Å². The van der Waals surface area contributed by atoms with Crippen molar-refractivity contribution in [1.29, 1.82) is 0 Å². The molecular weight excluding hydrogens is 548 g/mol. The van der Waals surface area contributed by atoms with Crippen LogP contribution in [0, 0.1) is 0 Å². The number of halogens is 1. The summed E-state index contributed by atoms with van der Waals surface area (Å²) in [7, 11) is 1.31. The number of amides is 2. The molecule has 41 heavy (non-hydrogen) atoms. The number of aromatic amines is 1. The summed E-state index contributed by atoms with van der Waals surface area (Å²) in [5.74, 6) is 0.961. The smallest absolute Gasteiger partial charge is 0.411 e. The molecule has 0 spiro atoms. The van der Waals surface area contributed by atoms with Gasteiger partial charge in [-0.05, 0) is 59.7 Å². The molecule has 5 rings (SSSR count). The average molecular weight is 577 g/mol. The van der Waals surface area contributed by atoms with Crippen molar-refractivity contribution in [2.75, 3.05) is 19.0 Å². The molecule has 0 radical (unpaired) electrons. The maximum Gasteiger partial charge on any atom is 0.411 e. The van der Waals surface area contributed by atoms with Crippen molar-refractivity contribution < 1.29 is 19.1 Å². The molecule has 2 aromatic carbocycles. The number of imidazole rings is 1. The fraction of sp³-hybridized carbons (Fsp3) is 0.286. The van der Waals surface area contributed by atoms with Gasteiger partial charge >= 0.3 is 6.09 Å². The van der Waals surface area contributed by atoms with Gasteiger partial charge in [-0.1, -0.05) is 30.9 Å². The van der Waals surface area contributed by atoms with Gasteiger partial charge < -0.3 is 19.8 Å². The highest BCUT2D eigenvalue weighted by Crippen LogP contribution is 2.33. The van der Waals surface area contributed by atoms with Crippen LogP contribution in [-0.4, -0.2) is 55.9 Å². The van der Waals surface area contributed by atoms with Crippen molar-refractivity contribution in [3.8, 4) is 22.7 Å². The Bertz CT molecular complexity index is 1540. The first-order valence-corrected chi connectivity index (χ1v) is 13.6. The van der Waals surface area contributed by atoms with Crippen molar-refractivity contribution in [1.82, 2.24) is 35.5 Å². The summed E-state index contributed by atoms with van der Waals surface area (Å²) in [4.78, 5) is 32.8. The molecule has 1 atom stereocenters. The fourth-order valence-electron chi connectivity index (χ4n) is 4.54. The summed E-state index contributed by atoms with van der Waals surface area (Å²) in [6, 6.07) is 10.3. The zero-order chi connectivity index (χ0) is 28.6. The molecule has 2 bridgehead atoms. The standard InChI is InChI=1S/C28H29ClN8O4/c1-40-28(39)32-20-9-10-21-23-16-30-27(34-23)22(6-4-2-3-5-13-41-25(21)15-20)33-26(38)12-7-18-14-19(29)8-11-24(18)37-17-31-35-36-37/h7-12,14-17,22H,2-6,13H2,1H3,(H,30,34)(H,32,39)(H,33,38)/b12-7+/t22-/m0/s1. The van der Waals surface area contributed by atoms with E-state index in [1.54, 1.807) is 42.6 Å². The first kappa shape index (κ1) is 27.8. The van der Waals surface area contributed by atoms with Crippen molar-refractivity contribution in [3.05, 3.63) is 71.4 Å². The van der Waals surface area contributed by atoms with Gasteiger partial charge in [0.2, 0.25) is 5.91 Å². The van der Waals surface area contributed by atoms with Gasteiger partial charge in [0.15, 0.2) is 0 Å². The molecule has 3 heterocycles. The van der Waals surface area contributed by atoms with E-state index in [0.29, 0.717) is 45.8 Å². The van der Waals surface area contributed by atoms with Gasteiger partial charge in [0, 0.05) is 40.2 Å².